The van der Waals surface area contributed by atoms with Gasteiger partial charge in [0.25, 0.3) is 0 Å². The molecule has 0 spiro atoms. The van der Waals surface area contributed by atoms with Crippen LogP contribution in [0.15, 0.2) is 48.5 Å². The topological polar surface area (TPSA) is 18.5 Å². The van der Waals surface area contributed by atoms with Crippen molar-refractivity contribution >= 4 is 0 Å². The molecule has 0 aliphatic heterocycles. The van der Waals surface area contributed by atoms with Crippen LogP contribution in [0.25, 0.3) is 0 Å². The smallest absolute Gasteiger partial charge is 0.134 e. The Hall–Kier alpha value is -2.84. The lowest BCUT2D eigenvalue weighted by Gasteiger charge is -2.10. The average molecular weight is 304 g/mol. The van der Waals surface area contributed by atoms with Gasteiger partial charge in [-0.15, -0.1) is 11.8 Å². The quantitative estimate of drug-likeness (QED) is 0.586. The van der Waals surface area contributed by atoms with E-state index in [1.54, 1.807) is 0 Å². The minimum atomic E-state index is 0.587. The fourth-order valence-electron chi connectivity index (χ4n) is 2.08. The van der Waals surface area contributed by atoms with Crippen LogP contribution < -0.4 is 9.47 Å². The molecule has 0 saturated heterocycles. The zero-order valence-corrected chi connectivity index (χ0v) is 13.6. The Bertz CT molecular complexity index is 689. The van der Waals surface area contributed by atoms with Gasteiger partial charge in [0.1, 0.15) is 11.5 Å². The standard InChI is InChI=1S/C21H20O2/c1-3-10-18-12-5-7-14-20(18)22-16-9-17-23-21-15-8-6-13-19(21)11-4-2/h5-8,12-15H,9,16-17H2,1-2H3. The van der Waals surface area contributed by atoms with Gasteiger partial charge in [0.05, 0.1) is 24.3 Å². The third-order valence-electron chi connectivity index (χ3n) is 3.10. The molecule has 0 atom stereocenters. The predicted octanol–water partition coefficient (Wildman–Crippen LogP) is 4.28. The van der Waals surface area contributed by atoms with Crippen molar-refractivity contribution in [1.82, 2.24) is 0 Å². The third kappa shape index (κ3) is 5.13. The Morgan fingerprint density at radius 1 is 0.696 bits per heavy atom. The zero-order chi connectivity index (χ0) is 16.3. The molecule has 0 radical (unpaired) electrons. The number of para-hydroxylation sites is 2. The molecule has 0 unspecified atom stereocenters. The van der Waals surface area contributed by atoms with Gasteiger partial charge in [-0.05, 0) is 38.1 Å². The number of rotatable bonds is 6. The summed E-state index contributed by atoms with van der Waals surface area (Å²) in [7, 11) is 0. The van der Waals surface area contributed by atoms with E-state index in [0.717, 1.165) is 29.0 Å². The molecular formula is C21H20O2. The van der Waals surface area contributed by atoms with Gasteiger partial charge >= 0.3 is 0 Å². The Kier molecular flexibility index (Phi) is 6.64. The summed E-state index contributed by atoms with van der Waals surface area (Å²) in [6.07, 6.45) is 0.793. The molecule has 0 saturated carbocycles. The van der Waals surface area contributed by atoms with Crippen LogP contribution in [0.5, 0.6) is 11.5 Å². The second-order valence-electron chi connectivity index (χ2n) is 4.79. The minimum absolute atomic E-state index is 0.587. The van der Waals surface area contributed by atoms with Crippen LogP contribution in [0.1, 0.15) is 31.4 Å². The monoisotopic (exact) mass is 304 g/mol. The highest BCUT2D eigenvalue weighted by Crippen LogP contribution is 2.18. The first-order chi connectivity index (χ1) is 11.3. The van der Waals surface area contributed by atoms with Crippen molar-refractivity contribution in [1.29, 1.82) is 0 Å². The lowest BCUT2D eigenvalue weighted by Crippen LogP contribution is -2.06. The maximum Gasteiger partial charge on any atom is 0.134 e. The molecule has 0 bridgehead atoms. The largest absolute Gasteiger partial charge is 0.492 e. The van der Waals surface area contributed by atoms with Crippen molar-refractivity contribution in [3.05, 3.63) is 59.7 Å². The molecule has 0 heterocycles. The van der Waals surface area contributed by atoms with Crippen LogP contribution >= 0.6 is 0 Å². The molecule has 2 aromatic rings. The van der Waals surface area contributed by atoms with Crippen LogP contribution in [-0.2, 0) is 0 Å². The first-order valence-electron chi connectivity index (χ1n) is 7.64. The second kappa shape index (κ2) is 9.23. The van der Waals surface area contributed by atoms with Crippen molar-refractivity contribution in [2.45, 2.75) is 20.3 Å². The molecule has 2 nitrogen and oxygen atoms in total. The van der Waals surface area contributed by atoms with E-state index in [1.165, 1.54) is 0 Å². The Morgan fingerprint density at radius 3 is 1.57 bits per heavy atom. The normalized spacial score (nSPS) is 9.13. The molecule has 23 heavy (non-hydrogen) atoms. The summed E-state index contributed by atoms with van der Waals surface area (Å²) < 4.78 is 11.6. The van der Waals surface area contributed by atoms with E-state index in [1.807, 2.05) is 62.4 Å². The average Bonchev–Trinajstić information content (AvgIpc) is 2.58. The van der Waals surface area contributed by atoms with Gasteiger partial charge in [0, 0.05) is 6.42 Å². The van der Waals surface area contributed by atoms with Gasteiger partial charge in [-0.2, -0.15) is 0 Å². The summed E-state index contributed by atoms with van der Waals surface area (Å²) in [5.41, 5.74) is 1.83. The first-order valence-corrected chi connectivity index (χ1v) is 7.64. The predicted molar refractivity (Wildman–Crippen MR) is 93.6 cm³/mol. The number of hydrogen-bond acceptors (Lipinski definition) is 2. The SMILES string of the molecule is CC#Cc1ccccc1OCCCOc1ccccc1C#CC. The fraction of sp³-hybridized carbons (Fsp3) is 0.238. The summed E-state index contributed by atoms with van der Waals surface area (Å²) in [6, 6.07) is 15.6. The van der Waals surface area contributed by atoms with Gasteiger partial charge in [-0.25, -0.2) is 0 Å². The van der Waals surface area contributed by atoms with Gasteiger partial charge in [-0.3, -0.25) is 0 Å². The van der Waals surface area contributed by atoms with E-state index in [4.69, 9.17) is 9.47 Å². The summed E-state index contributed by atoms with van der Waals surface area (Å²) in [5, 5.41) is 0. The molecule has 0 fully saturated rings. The molecule has 2 heteroatoms. The molecular weight excluding hydrogens is 284 g/mol. The van der Waals surface area contributed by atoms with Crippen molar-refractivity contribution in [2.75, 3.05) is 13.2 Å². The molecule has 0 aromatic heterocycles. The molecule has 116 valence electrons. The number of benzene rings is 2. The van der Waals surface area contributed by atoms with Gasteiger partial charge in [0.2, 0.25) is 0 Å². The van der Waals surface area contributed by atoms with Crippen LogP contribution in [0.4, 0.5) is 0 Å². The van der Waals surface area contributed by atoms with E-state index in [0.29, 0.717) is 13.2 Å². The number of ether oxygens (including phenoxy) is 2. The lowest BCUT2D eigenvalue weighted by molar-refractivity contribution is 0.247. The first kappa shape index (κ1) is 16.5. The fourth-order valence-corrected chi connectivity index (χ4v) is 2.08. The van der Waals surface area contributed by atoms with E-state index in [-0.39, 0.29) is 0 Å². The second-order valence-corrected chi connectivity index (χ2v) is 4.79. The van der Waals surface area contributed by atoms with Crippen LogP contribution in [0, 0.1) is 23.7 Å². The van der Waals surface area contributed by atoms with E-state index in [9.17, 15) is 0 Å². The minimum Gasteiger partial charge on any atom is -0.492 e. The zero-order valence-electron chi connectivity index (χ0n) is 13.6. The molecule has 0 aliphatic carbocycles. The van der Waals surface area contributed by atoms with E-state index >= 15 is 0 Å². The highest BCUT2D eigenvalue weighted by molar-refractivity contribution is 5.46. The molecule has 0 N–H and O–H groups in total. The van der Waals surface area contributed by atoms with Crippen molar-refractivity contribution in [3.63, 3.8) is 0 Å². The highest BCUT2D eigenvalue weighted by atomic mass is 16.5. The third-order valence-corrected chi connectivity index (χ3v) is 3.10. The molecule has 0 aliphatic rings. The molecule has 0 amide bonds. The maximum atomic E-state index is 5.79. The summed E-state index contributed by atoms with van der Waals surface area (Å²) in [4.78, 5) is 0. The Balaban J connectivity index is 1.82. The molecule has 2 rings (SSSR count). The van der Waals surface area contributed by atoms with Gasteiger partial charge in [-0.1, -0.05) is 36.1 Å². The van der Waals surface area contributed by atoms with E-state index < -0.39 is 0 Å². The summed E-state index contributed by atoms with van der Waals surface area (Å²) in [6.45, 7) is 4.82. The number of hydrogen-bond donors (Lipinski definition) is 0. The maximum absolute atomic E-state index is 5.79. The lowest BCUT2D eigenvalue weighted by atomic mass is 10.2. The van der Waals surface area contributed by atoms with Crippen molar-refractivity contribution in [3.8, 4) is 35.2 Å². The summed E-state index contributed by atoms with van der Waals surface area (Å²) >= 11 is 0. The van der Waals surface area contributed by atoms with Gasteiger partial charge in [0.15, 0.2) is 0 Å². The van der Waals surface area contributed by atoms with Gasteiger partial charge < -0.3 is 9.47 Å². The summed E-state index contributed by atoms with van der Waals surface area (Å²) in [5.74, 6) is 13.5. The molecule has 2 aromatic carbocycles. The Morgan fingerprint density at radius 2 is 1.13 bits per heavy atom. The van der Waals surface area contributed by atoms with Crippen molar-refractivity contribution in [2.24, 2.45) is 0 Å². The van der Waals surface area contributed by atoms with Crippen molar-refractivity contribution < 1.29 is 9.47 Å². The van der Waals surface area contributed by atoms with Crippen LogP contribution in [-0.4, -0.2) is 13.2 Å². The highest BCUT2D eigenvalue weighted by Gasteiger charge is 2.02. The van der Waals surface area contributed by atoms with Crippen LogP contribution in [0.3, 0.4) is 0 Å². The van der Waals surface area contributed by atoms with Crippen LogP contribution in [0.2, 0.25) is 0 Å². The van der Waals surface area contributed by atoms with E-state index in [2.05, 4.69) is 23.7 Å². The Labute approximate surface area is 138 Å².